The molecule has 0 aromatic heterocycles. The van der Waals surface area contributed by atoms with E-state index in [1.54, 1.807) is 0 Å². The highest BCUT2D eigenvalue weighted by atomic mass is 16.5. The first-order chi connectivity index (χ1) is 14.6. The molecule has 1 aromatic carbocycles. The van der Waals surface area contributed by atoms with Gasteiger partial charge in [-0.05, 0) is 36.8 Å². The van der Waals surface area contributed by atoms with Gasteiger partial charge >= 0.3 is 5.97 Å². The number of rotatable bonds is 16. The molecule has 0 aliphatic carbocycles. The zero-order valence-corrected chi connectivity index (χ0v) is 18.8. The lowest BCUT2D eigenvalue weighted by molar-refractivity contribution is -0.147. The maximum absolute atomic E-state index is 11.5. The smallest absolute Gasteiger partial charge is 0.303 e. The Morgan fingerprint density at radius 2 is 1.70 bits per heavy atom. The monoisotopic (exact) mass is 416 g/mol. The molecule has 0 heterocycles. The standard InChI is InChI=1S/C26H40O4/c1-3-4-5-6-7-8-17-24(29)18-11-9-15-23-16-10-12-19-25(23)26(30-22(2)28)20-13-14-21-27/h9-12,15-16,18-19,24,26-27,29H,3-8,13-14,17,20-21H2,1-2H3/b15-9+,18-11+. The highest BCUT2D eigenvalue weighted by Gasteiger charge is 2.16. The quantitative estimate of drug-likeness (QED) is 0.193. The molecule has 0 amide bonds. The third kappa shape index (κ3) is 11.9. The molecule has 30 heavy (non-hydrogen) atoms. The van der Waals surface area contributed by atoms with E-state index < -0.39 is 6.10 Å². The number of benzene rings is 1. The number of aliphatic hydroxyl groups excluding tert-OH is 2. The van der Waals surface area contributed by atoms with Crippen molar-refractivity contribution < 1.29 is 19.7 Å². The van der Waals surface area contributed by atoms with Crippen molar-refractivity contribution in [3.8, 4) is 0 Å². The molecule has 0 aliphatic heterocycles. The van der Waals surface area contributed by atoms with Crippen LogP contribution in [0.5, 0.6) is 0 Å². The fraction of sp³-hybridized carbons (Fsp3) is 0.577. The summed E-state index contributed by atoms with van der Waals surface area (Å²) in [5.74, 6) is -0.305. The first kappa shape index (κ1) is 26.1. The molecule has 2 unspecified atom stereocenters. The molecular formula is C26H40O4. The van der Waals surface area contributed by atoms with Crippen molar-refractivity contribution in [3.05, 3.63) is 53.6 Å². The molecule has 0 fully saturated rings. The van der Waals surface area contributed by atoms with Crippen LogP contribution in [0.25, 0.3) is 6.08 Å². The third-order valence-corrected chi connectivity index (χ3v) is 5.10. The van der Waals surface area contributed by atoms with Gasteiger partial charge in [-0.1, -0.05) is 94.0 Å². The maximum atomic E-state index is 11.5. The predicted molar refractivity (Wildman–Crippen MR) is 124 cm³/mol. The Kier molecular flexibility index (Phi) is 14.7. The van der Waals surface area contributed by atoms with Crippen molar-refractivity contribution in [2.24, 2.45) is 0 Å². The molecule has 0 bridgehead atoms. The van der Waals surface area contributed by atoms with E-state index >= 15 is 0 Å². The Morgan fingerprint density at radius 3 is 2.43 bits per heavy atom. The molecule has 0 radical (unpaired) electrons. The van der Waals surface area contributed by atoms with Crippen LogP contribution in [0.2, 0.25) is 0 Å². The molecule has 1 aromatic rings. The van der Waals surface area contributed by atoms with Crippen LogP contribution in [0, 0.1) is 0 Å². The van der Waals surface area contributed by atoms with E-state index in [0.717, 1.165) is 30.4 Å². The Balaban J connectivity index is 2.61. The molecular weight excluding hydrogens is 376 g/mol. The Morgan fingerprint density at radius 1 is 1.00 bits per heavy atom. The van der Waals surface area contributed by atoms with Crippen molar-refractivity contribution in [3.63, 3.8) is 0 Å². The topological polar surface area (TPSA) is 66.8 Å². The fourth-order valence-electron chi connectivity index (χ4n) is 3.46. The lowest BCUT2D eigenvalue weighted by Crippen LogP contribution is -2.10. The van der Waals surface area contributed by atoms with Crippen molar-refractivity contribution in [2.75, 3.05) is 6.61 Å². The third-order valence-electron chi connectivity index (χ3n) is 5.10. The molecule has 4 nitrogen and oxygen atoms in total. The number of unbranched alkanes of at least 4 members (excludes halogenated alkanes) is 6. The van der Waals surface area contributed by atoms with Gasteiger partial charge in [-0.25, -0.2) is 0 Å². The van der Waals surface area contributed by atoms with Gasteiger partial charge in [0, 0.05) is 13.5 Å². The van der Waals surface area contributed by atoms with Crippen molar-refractivity contribution in [1.29, 1.82) is 0 Å². The van der Waals surface area contributed by atoms with E-state index in [9.17, 15) is 9.90 Å². The number of hydrogen-bond donors (Lipinski definition) is 2. The first-order valence-electron chi connectivity index (χ1n) is 11.5. The summed E-state index contributed by atoms with van der Waals surface area (Å²) in [4.78, 5) is 11.5. The SMILES string of the molecule is CCCCCCCCC(O)/C=C/C=C/c1ccccc1C(CCCCO)OC(C)=O. The van der Waals surface area contributed by atoms with Crippen molar-refractivity contribution in [2.45, 2.75) is 90.3 Å². The predicted octanol–water partition coefficient (Wildman–Crippen LogP) is 6.13. The zero-order chi connectivity index (χ0) is 22.0. The van der Waals surface area contributed by atoms with Gasteiger partial charge in [0.2, 0.25) is 0 Å². The van der Waals surface area contributed by atoms with Crippen molar-refractivity contribution >= 4 is 12.0 Å². The maximum Gasteiger partial charge on any atom is 0.303 e. The van der Waals surface area contributed by atoms with Crippen LogP contribution in [-0.4, -0.2) is 28.9 Å². The summed E-state index contributed by atoms with van der Waals surface area (Å²) in [5.41, 5.74) is 1.95. The van der Waals surface area contributed by atoms with Crippen LogP contribution in [0.15, 0.2) is 42.5 Å². The van der Waals surface area contributed by atoms with Gasteiger partial charge < -0.3 is 14.9 Å². The molecule has 0 saturated heterocycles. The highest BCUT2D eigenvalue weighted by molar-refractivity contribution is 5.67. The van der Waals surface area contributed by atoms with E-state index in [1.807, 2.05) is 48.6 Å². The van der Waals surface area contributed by atoms with Gasteiger partial charge in [-0.15, -0.1) is 0 Å². The first-order valence-corrected chi connectivity index (χ1v) is 11.5. The largest absolute Gasteiger partial charge is 0.458 e. The normalized spacial score (nSPS) is 13.7. The second-order valence-corrected chi connectivity index (χ2v) is 7.81. The molecule has 0 saturated carbocycles. The molecule has 2 atom stereocenters. The summed E-state index contributed by atoms with van der Waals surface area (Å²) in [6.07, 6.45) is 17.2. The summed E-state index contributed by atoms with van der Waals surface area (Å²) in [6.45, 7) is 3.78. The van der Waals surface area contributed by atoms with Crippen LogP contribution < -0.4 is 0 Å². The van der Waals surface area contributed by atoms with Crippen LogP contribution in [0.4, 0.5) is 0 Å². The minimum Gasteiger partial charge on any atom is -0.458 e. The van der Waals surface area contributed by atoms with Crippen LogP contribution in [0.3, 0.4) is 0 Å². The summed E-state index contributed by atoms with van der Waals surface area (Å²) < 4.78 is 5.54. The summed E-state index contributed by atoms with van der Waals surface area (Å²) >= 11 is 0. The Bertz CT molecular complexity index is 636. The molecule has 2 N–H and O–H groups in total. The lowest BCUT2D eigenvalue weighted by atomic mass is 9.98. The Labute approximate surface area is 182 Å². The molecule has 1 rings (SSSR count). The van der Waals surface area contributed by atoms with Gasteiger partial charge in [0.1, 0.15) is 6.10 Å². The van der Waals surface area contributed by atoms with Gasteiger partial charge in [0.05, 0.1) is 6.10 Å². The van der Waals surface area contributed by atoms with E-state index in [1.165, 1.54) is 39.0 Å². The van der Waals surface area contributed by atoms with Crippen LogP contribution in [0.1, 0.15) is 95.3 Å². The molecule has 4 heteroatoms. The van der Waals surface area contributed by atoms with E-state index in [0.29, 0.717) is 12.8 Å². The minimum absolute atomic E-state index is 0.139. The van der Waals surface area contributed by atoms with Gasteiger partial charge in [-0.2, -0.15) is 0 Å². The average molecular weight is 417 g/mol. The number of carbonyl (C=O) groups excluding carboxylic acids is 1. The number of ether oxygens (including phenoxy) is 1. The van der Waals surface area contributed by atoms with E-state index in [4.69, 9.17) is 9.84 Å². The van der Waals surface area contributed by atoms with Crippen LogP contribution in [-0.2, 0) is 9.53 Å². The van der Waals surface area contributed by atoms with Crippen molar-refractivity contribution in [1.82, 2.24) is 0 Å². The number of allylic oxidation sites excluding steroid dienone is 2. The van der Waals surface area contributed by atoms with E-state index in [-0.39, 0.29) is 18.7 Å². The van der Waals surface area contributed by atoms with Gasteiger partial charge in [0.15, 0.2) is 0 Å². The number of hydrogen-bond acceptors (Lipinski definition) is 4. The summed E-state index contributed by atoms with van der Waals surface area (Å²) in [7, 11) is 0. The Hall–Kier alpha value is -1.91. The second kappa shape index (κ2) is 16.8. The number of carbonyl (C=O) groups is 1. The lowest BCUT2D eigenvalue weighted by Gasteiger charge is -2.19. The number of aliphatic hydroxyl groups is 2. The number of esters is 1. The van der Waals surface area contributed by atoms with Gasteiger partial charge in [-0.3, -0.25) is 4.79 Å². The molecule has 168 valence electrons. The summed E-state index contributed by atoms with van der Waals surface area (Å²) in [5, 5.41) is 19.1. The van der Waals surface area contributed by atoms with Gasteiger partial charge in [0.25, 0.3) is 0 Å². The fourth-order valence-corrected chi connectivity index (χ4v) is 3.46. The highest BCUT2D eigenvalue weighted by Crippen LogP contribution is 2.27. The second-order valence-electron chi connectivity index (χ2n) is 7.81. The molecule has 0 spiro atoms. The van der Waals surface area contributed by atoms with E-state index in [2.05, 4.69) is 6.92 Å². The molecule has 0 aliphatic rings. The zero-order valence-electron chi connectivity index (χ0n) is 18.8. The minimum atomic E-state index is -0.414. The van der Waals surface area contributed by atoms with Crippen LogP contribution >= 0.6 is 0 Å². The summed E-state index contributed by atoms with van der Waals surface area (Å²) in [6, 6.07) is 7.87. The average Bonchev–Trinajstić information content (AvgIpc) is 2.73.